The largest absolute Gasteiger partial charge is 0.349 e. The number of carbonyl (C=O) groups is 1. The minimum atomic E-state index is -0.667. The van der Waals surface area contributed by atoms with Crippen LogP contribution < -0.4 is 5.32 Å². The Kier molecular flexibility index (Phi) is 4.37. The third-order valence-corrected chi connectivity index (χ3v) is 5.72. The van der Waals surface area contributed by atoms with Gasteiger partial charge in [0.2, 0.25) is 0 Å². The maximum atomic E-state index is 11.8. The first-order valence-electron chi connectivity index (χ1n) is 5.05. The number of carbonyl (C=O) groups excluding carboxylic acids is 1. The molecule has 6 heteroatoms. The molecular formula is C10H12INO2S2. The lowest BCUT2D eigenvalue weighted by Gasteiger charge is -2.22. The predicted octanol–water partition coefficient (Wildman–Crippen LogP) is 1.99. The Morgan fingerprint density at radius 2 is 2.19 bits per heavy atom. The maximum Gasteiger partial charge on any atom is 0.252 e. The maximum absolute atomic E-state index is 11.8. The standard InChI is InChI=1S/C10H12INO2S2/c11-9-5-7(6-15-9)10(13)12-8-1-3-16(14)4-2-8/h5-6,8H,1-4H2,(H,12,13). The summed E-state index contributed by atoms with van der Waals surface area (Å²) in [6, 6.07) is 2.09. The molecule has 0 radical (unpaired) electrons. The Labute approximate surface area is 115 Å². The molecule has 0 aliphatic carbocycles. The number of hydrogen-bond acceptors (Lipinski definition) is 3. The molecule has 1 saturated heterocycles. The summed E-state index contributed by atoms with van der Waals surface area (Å²) in [5.41, 5.74) is 0.737. The highest BCUT2D eigenvalue weighted by Gasteiger charge is 2.20. The van der Waals surface area contributed by atoms with Crippen LogP contribution in [0.25, 0.3) is 0 Å². The van der Waals surface area contributed by atoms with Crippen LogP contribution in [0.15, 0.2) is 11.4 Å². The third-order valence-electron chi connectivity index (χ3n) is 2.55. The molecule has 1 aliphatic heterocycles. The number of rotatable bonds is 2. The molecule has 0 unspecified atom stereocenters. The van der Waals surface area contributed by atoms with E-state index in [2.05, 4.69) is 27.9 Å². The fourth-order valence-electron chi connectivity index (χ4n) is 1.64. The average Bonchev–Trinajstić information content (AvgIpc) is 2.68. The van der Waals surface area contributed by atoms with Crippen molar-refractivity contribution in [3.63, 3.8) is 0 Å². The molecule has 2 rings (SSSR count). The molecule has 0 atom stereocenters. The molecule has 1 fully saturated rings. The summed E-state index contributed by atoms with van der Waals surface area (Å²) in [4.78, 5) is 11.8. The van der Waals surface area contributed by atoms with E-state index in [1.165, 1.54) is 0 Å². The lowest BCUT2D eigenvalue weighted by atomic mass is 10.1. The Balaban J connectivity index is 1.90. The molecule has 1 aliphatic rings. The van der Waals surface area contributed by atoms with Gasteiger partial charge in [0.25, 0.3) is 5.91 Å². The zero-order valence-electron chi connectivity index (χ0n) is 8.57. The van der Waals surface area contributed by atoms with Crippen LogP contribution in [0, 0.1) is 2.88 Å². The van der Waals surface area contributed by atoms with Crippen molar-refractivity contribution in [2.75, 3.05) is 11.5 Å². The summed E-state index contributed by atoms with van der Waals surface area (Å²) in [5.74, 6) is 1.43. The van der Waals surface area contributed by atoms with Crippen molar-refractivity contribution in [2.45, 2.75) is 18.9 Å². The molecule has 16 heavy (non-hydrogen) atoms. The lowest BCUT2D eigenvalue weighted by Crippen LogP contribution is -2.39. The first-order valence-corrected chi connectivity index (χ1v) is 8.49. The lowest BCUT2D eigenvalue weighted by molar-refractivity contribution is 0.0935. The number of hydrogen-bond donors (Lipinski definition) is 1. The third kappa shape index (κ3) is 3.27. The van der Waals surface area contributed by atoms with Crippen molar-refractivity contribution in [3.8, 4) is 0 Å². The minimum Gasteiger partial charge on any atom is -0.349 e. The molecule has 1 N–H and O–H groups in total. The quantitative estimate of drug-likeness (QED) is 0.811. The van der Waals surface area contributed by atoms with Crippen LogP contribution in [0.4, 0.5) is 0 Å². The van der Waals surface area contributed by atoms with Crippen molar-refractivity contribution in [1.29, 1.82) is 0 Å². The van der Waals surface area contributed by atoms with Crippen molar-refractivity contribution in [1.82, 2.24) is 5.32 Å². The van der Waals surface area contributed by atoms with E-state index < -0.39 is 10.8 Å². The van der Waals surface area contributed by atoms with Gasteiger partial charge >= 0.3 is 0 Å². The van der Waals surface area contributed by atoms with Crippen molar-refractivity contribution in [2.24, 2.45) is 0 Å². The molecule has 1 aromatic heterocycles. The highest BCUT2D eigenvalue weighted by molar-refractivity contribution is 14.1. The second-order valence-corrected chi connectivity index (χ2v) is 8.24. The van der Waals surface area contributed by atoms with Crippen molar-refractivity contribution < 1.29 is 9.00 Å². The highest BCUT2D eigenvalue weighted by atomic mass is 127. The van der Waals surface area contributed by atoms with E-state index in [0.29, 0.717) is 11.5 Å². The first-order chi connectivity index (χ1) is 7.65. The van der Waals surface area contributed by atoms with Gasteiger partial charge in [0, 0.05) is 33.7 Å². The van der Waals surface area contributed by atoms with Gasteiger partial charge in [-0.2, -0.15) is 0 Å². The minimum absolute atomic E-state index is 0.00292. The normalized spacial score (nSPS) is 25.3. The van der Waals surface area contributed by atoms with Crippen LogP contribution in [0.2, 0.25) is 0 Å². The van der Waals surface area contributed by atoms with Crippen molar-refractivity contribution >= 4 is 50.6 Å². The average molecular weight is 369 g/mol. The van der Waals surface area contributed by atoms with Gasteiger partial charge in [0.05, 0.1) is 8.45 Å². The number of thiophene rings is 1. The fraction of sp³-hybridized carbons (Fsp3) is 0.500. The second-order valence-electron chi connectivity index (χ2n) is 3.74. The van der Waals surface area contributed by atoms with Gasteiger partial charge in [-0.1, -0.05) is 0 Å². The summed E-state index contributed by atoms with van der Waals surface area (Å²) in [7, 11) is -0.667. The van der Waals surface area contributed by atoms with Crippen LogP contribution in [-0.2, 0) is 10.8 Å². The molecule has 1 aromatic rings. The van der Waals surface area contributed by atoms with E-state index in [0.717, 1.165) is 21.3 Å². The van der Waals surface area contributed by atoms with E-state index in [4.69, 9.17) is 0 Å². The molecule has 0 aromatic carbocycles. The molecule has 0 saturated carbocycles. The van der Waals surface area contributed by atoms with E-state index >= 15 is 0 Å². The van der Waals surface area contributed by atoms with Gasteiger partial charge in [0.1, 0.15) is 0 Å². The molecule has 2 heterocycles. The summed E-state index contributed by atoms with van der Waals surface area (Å²) in [6.45, 7) is 0. The zero-order chi connectivity index (χ0) is 11.5. The van der Waals surface area contributed by atoms with Gasteiger partial charge < -0.3 is 5.32 Å². The summed E-state index contributed by atoms with van der Waals surface area (Å²) >= 11 is 3.78. The predicted molar refractivity (Wildman–Crippen MR) is 75.4 cm³/mol. The van der Waals surface area contributed by atoms with Crippen LogP contribution >= 0.6 is 33.9 Å². The van der Waals surface area contributed by atoms with Gasteiger partial charge in [0.15, 0.2) is 0 Å². The number of halogens is 1. The van der Waals surface area contributed by atoms with E-state index in [1.807, 2.05) is 11.4 Å². The Bertz CT molecular complexity index is 409. The Hall–Kier alpha value is 0.0500. The molecule has 1 amide bonds. The summed E-state index contributed by atoms with van der Waals surface area (Å²) < 4.78 is 12.3. The SMILES string of the molecule is O=C(NC1CCS(=O)CC1)c1csc(I)c1. The van der Waals surface area contributed by atoms with Crippen molar-refractivity contribution in [3.05, 3.63) is 19.9 Å². The van der Waals surface area contributed by atoms with Gasteiger partial charge in [-0.25, -0.2) is 0 Å². The number of nitrogens with one attached hydrogen (secondary N) is 1. The van der Waals surface area contributed by atoms with Gasteiger partial charge in [-0.15, -0.1) is 11.3 Å². The fourth-order valence-corrected chi connectivity index (χ4v) is 4.26. The van der Waals surface area contributed by atoms with E-state index in [9.17, 15) is 9.00 Å². The molecule has 88 valence electrons. The van der Waals surface area contributed by atoms with Crippen LogP contribution in [0.5, 0.6) is 0 Å². The topological polar surface area (TPSA) is 46.2 Å². The first kappa shape index (κ1) is 12.5. The van der Waals surface area contributed by atoms with Gasteiger partial charge in [-0.05, 0) is 41.5 Å². The zero-order valence-corrected chi connectivity index (χ0v) is 12.4. The summed E-state index contributed by atoms with van der Waals surface area (Å²) in [6.07, 6.45) is 1.67. The Morgan fingerprint density at radius 3 is 2.75 bits per heavy atom. The highest BCUT2D eigenvalue weighted by Crippen LogP contribution is 2.17. The molecular weight excluding hydrogens is 357 g/mol. The van der Waals surface area contributed by atoms with E-state index in [1.54, 1.807) is 11.3 Å². The summed E-state index contributed by atoms with van der Waals surface area (Å²) in [5, 5.41) is 4.87. The molecule has 3 nitrogen and oxygen atoms in total. The monoisotopic (exact) mass is 369 g/mol. The van der Waals surface area contributed by atoms with Crippen LogP contribution in [0.3, 0.4) is 0 Å². The number of amides is 1. The smallest absolute Gasteiger partial charge is 0.252 e. The van der Waals surface area contributed by atoms with E-state index in [-0.39, 0.29) is 11.9 Å². The van der Waals surface area contributed by atoms with Gasteiger partial charge in [-0.3, -0.25) is 9.00 Å². The second kappa shape index (κ2) is 5.59. The van der Waals surface area contributed by atoms with Crippen LogP contribution in [-0.4, -0.2) is 27.7 Å². The molecule has 0 spiro atoms. The van der Waals surface area contributed by atoms with Crippen LogP contribution in [0.1, 0.15) is 23.2 Å². The Morgan fingerprint density at radius 1 is 1.50 bits per heavy atom. The molecule has 0 bridgehead atoms.